The van der Waals surface area contributed by atoms with E-state index in [4.69, 9.17) is 4.74 Å². The minimum absolute atomic E-state index is 0.150. The van der Waals surface area contributed by atoms with Crippen LogP contribution >= 0.6 is 0 Å². The van der Waals surface area contributed by atoms with Crippen LogP contribution in [0.15, 0.2) is 42.5 Å². The Morgan fingerprint density at radius 1 is 1.16 bits per heavy atom. The molecule has 2 aromatic carbocycles. The molecule has 5 heteroatoms. The van der Waals surface area contributed by atoms with Gasteiger partial charge >= 0.3 is 0 Å². The van der Waals surface area contributed by atoms with Crippen molar-refractivity contribution in [2.45, 2.75) is 32.0 Å². The fraction of sp³-hybridized carbons (Fsp3) is 0.250. The Labute approximate surface area is 145 Å². The zero-order valence-electron chi connectivity index (χ0n) is 14.1. The van der Waals surface area contributed by atoms with Crippen LogP contribution in [0.5, 0.6) is 17.2 Å². The highest BCUT2D eigenvalue weighted by Gasteiger charge is 2.37. The fourth-order valence-corrected chi connectivity index (χ4v) is 2.75. The maximum atomic E-state index is 12.4. The standard InChI is InChI=1S/C20H20O5/c1-20(2)18(23)11-15-17(25-20)10-8-14(19(15)24)16(22)9-5-12-3-6-13(21)7-4-12/h3-10,18,21,23-24H,11H2,1-2H3/b9-5+. The van der Waals surface area contributed by atoms with Crippen molar-refractivity contribution in [3.8, 4) is 17.2 Å². The summed E-state index contributed by atoms with van der Waals surface area (Å²) in [5.74, 6) is 0.115. The van der Waals surface area contributed by atoms with Gasteiger partial charge in [0.2, 0.25) is 0 Å². The van der Waals surface area contributed by atoms with Crippen LogP contribution in [0.2, 0.25) is 0 Å². The summed E-state index contributed by atoms with van der Waals surface area (Å²) in [7, 11) is 0. The summed E-state index contributed by atoms with van der Waals surface area (Å²) in [5, 5.41) is 29.9. The second-order valence-electron chi connectivity index (χ2n) is 6.65. The molecular weight excluding hydrogens is 320 g/mol. The molecule has 1 aliphatic heterocycles. The first-order valence-corrected chi connectivity index (χ1v) is 8.01. The lowest BCUT2D eigenvalue weighted by molar-refractivity contribution is -0.0417. The zero-order chi connectivity index (χ0) is 18.2. The molecule has 1 aliphatic rings. The normalized spacial score (nSPS) is 18.6. The predicted molar refractivity (Wildman–Crippen MR) is 94.0 cm³/mol. The number of allylic oxidation sites excluding steroid dienone is 1. The van der Waals surface area contributed by atoms with Crippen molar-refractivity contribution in [3.63, 3.8) is 0 Å². The molecule has 1 atom stereocenters. The third kappa shape index (κ3) is 3.37. The average Bonchev–Trinajstić information content (AvgIpc) is 2.56. The first-order valence-electron chi connectivity index (χ1n) is 8.01. The Hall–Kier alpha value is -2.79. The monoisotopic (exact) mass is 340 g/mol. The molecular formula is C20H20O5. The van der Waals surface area contributed by atoms with Gasteiger partial charge in [0.25, 0.3) is 0 Å². The van der Waals surface area contributed by atoms with Gasteiger partial charge in [-0.15, -0.1) is 0 Å². The average molecular weight is 340 g/mol. The van der Waals surface area contributed by atoms with Crippen LogP contribution in [0.1, 0.15) is 35.3 Å². The van der Waals surface area contributed by atoms with Gasteiger partial charge in [0.1, 0.15) is 22.8 Å². The van der Waals surface area contributed by atoms with E-state index in [2.05, 4.69) is 0 Å². The minimum atomic E-state index is -0.774. The van der Waals surface area contributed by atoms with Crippen LogP contribution in [0.25, 0.3) is 6.08 Å². The zero-order valence-corrected chi connectivity index (χ0v) is 14.1. The lowest BCUT2D eigenvalue weighted by Gasteiger charge is -2.37. The maximum Gasteiger partial charge on any atom is 0.189 e. The first kappa shape index (κ1) is 17.0. The molecule has 25 heavy (non-hydrogen) atoms. The van der Waals surface area contributed by atoms with Crippen LogP contribution in [0.4, 0.5) is 0 Å². The largest absolute Gasteiger partial charge is 0.508 e. The summed E-state index contributed by atoms with van der Waals surface area (Å²) in [5.41, 5.74) is 0.605. The summed E-state index contributed by atoms with van der Waals surface area (Å²) >= 11 is 0. The number of aliphatic hydroxyl groups is 1. The molecule has 130 valence electrons. The van der Waals surface area contributed by atoms with Crippen molar-refractivity contribution in [1.82, 2.24) is 0 Å². The summed E-state index contributed by atoms with van der Waals surface area (Å²) < 4.78 is 5.72. The number of hydrogen-bond acceptors (Lipinski definition) is 5. The second-order valence-corrected chi connectivity index (χ2v) is 6.65. The number of carbonyl (C=O) groups excluding carboxylic acids is 1. The van der Waals surface area contributed by atoms with E-state index in [9.17, 15) is 20.1 Å². The van der Waals surface area contributed by atoms with E-state index < -0.39 is 11.7 Å². The molecule has 0 bridgehead atoms. The number of aliphatic hydroxyl groups excluding tert-OH is 1. The van der Waals surface area contributed by atoms with Crippen molar-refractivity contribution >= 4 is 11.9 Å². The van der Waals surface area contributed by atoms with Crippen LogP contribution in [0.3, 0.4) is 0 Å². The van der Waals surface area contributed by atoms with Gasteiger partial charge in [0, 0.05) is 12.0 Å². The van der Waals surface area contributed by atoms with E-state index in [-0.39, 0.29) is 29.3 Å². The predicted octanol–water partition coefficient (Wildman–Crippen LogP) is 3.07. The summed E-state index contributed by atoms with van der Waals surface area (Å²) in [6.07, 6.45) is 2.41. The van der Waals surface area contributed by atoms with Gasteiger partial charge in [-0.1, -0.05) is 18.2 Å². The van der Waals surface area contributed by atoms with Gasteiger partial charge in [-0.05, 0) is 49.8 Å². The Kier molecular flexibility index (Phi) is 4.27. The van der Waals surface area contributed by atoms with E-state index in [0.717, 1.165) is 5.56 Å². The highest BCUT2D eigenvalue weighted by Crippen LogP contribution is 2.40. The first-order chi connectivity index (χ1) is 11.8. The quantitative estimate of drug-likeness (QED) is 0.590. The molecule has 3 N–H and O–H groups in total. The number of benzene rings is 2. The third-order valence-electron chi connectivity index (χ3n) is 4.40. The number of rotatable bonds is 3. The second kappa shape index (κ2) is 6.26. The van der Waals surface area contributed by atoms with E-state index in [1.165, 1.54) is 24.3 Å². The van der Waals surface area contributed by atoms with Crippen molar-refractivity contribution < 1.29 is 24.9 Å². The summed E-state index contributed by atoms with van der Waals surface area (Å²) in [6, 6.07) is 9.58. The number of aromatic hydroxyl groups is 2. The van der Waals surface area contributed by atoms with Gasteiger partial charge in [0.05, 0.1) is 11.7 Å². The maximum absolute atomic E-state index is 12.4. The Morgan fingerprint density at radius 3 is 2.52 bits per heavy atom. The molecule has 5 nitrogen and oxygen atoms in total. The molecule has 1 unspecified atom stereocenters. The molecule has 3 rings (SSSR count). The Morgan fingerprint density at radius 2 is 1.84 bits per heavy atom. The minimum Gasteiger partial charge on any atom is -0.508 e. The molecule has 0 amide bonds. The van der Waals surface area contributed by atoms with Gasteiger partial charge < -0.3 is 20.1 Å². The van der Waals surface area contributed by atoms with Crippen molar-refractivity contribution in [2.24, 2.45) is 0 Å². The molecule has 0 fully saturated rings. The van der Waals surface area contributed by atoms with Crippen LogP contribution < -0.4 is 4.74 Å². The van der Waals surface area contributed by atoms with Gasteiger partial charge in [-0.25, -0.2) is 0 Å². The molecule has 0 saturated carbocycles. The lowest BCUT2D eigenvalue weighted by atomic mass is 9.89. The lowest BCUT2D eigenvalue weighted by Crippen LogP contribution is -2.46. The number of phenolic OH excluding ortho intramolecular Hbond substituents is 2. The van der Waals surface area contributed by atoms with E-state index >= 15 is 0 Å². The molecule has 1 heterocycles. The fourth-order valence-electron chi connectivity index (χ4n) is 2.75. The summed E-state index contributed by atoms with van der Waals surface area (Å²) in [4.78, 5) is 12.4. The van der Waals surface area contributed by atoms with Crippen molar-refractivity contribution in [2.75, 3.05) is 0 Å². The third-order valence-corrected chi connectivity index (χ3v) is 4.40. The van der Waals surface area contributed by atoms with E-state index in [1.54, 1.807) is 38.1 Å². The SMILES string of the molecule is CC1(C)Oc2ccc(C(=O)/C=C/c3ccc(O)cc3)c(O)c2CC1O. The topological polar surface area (TPSA) is 87.0 Å². The van der Waals surface area contributed by atoms with Gasteiger partial charge in [-0.2, -0.15) is 0 Å². The molecule has 0 radical (unpaired) electrons. The molecule has 0 saturated heterocycles. The Balaban J connectivity index is 1.87. The van der Waals surface area contributed by atoms with Crippen LogP contribution in [0, 0.1) is 0 Å². The Bertz CT molecular complexity index is 834. The number of fused-ring (bicyclic) bond motifs is 1. The summed E-state index contributed by atoms with van der Waals surface area (Å²) in [6.45, 7) is 3.55. The van der Waals surface area contributed by atoms with E-state index in [1.807, 2.05) is 0 Å². The number of carbonyl (C=O) groups is 1. The highest BCUT2D eigenvalue weighted by atomic mass is 16.5. The molecule has 2 aromatic rings. The van der Waals surface area contributed by atoms with Crippen LogP contribution in [-0.2, 0) is 6.42 Å². The van der Waals surface area contributed by atoms with Crippen molar-refractivity contribution in [1.29, 1.82) is 0 Å². The number of phenols is 2. The van der Waals surface area contributed by atoms with Crippen molar-refractivity contribution in [3.05, 3.63) is 59.2 Å². The van der Waals surface area contributed by atoms with Gasteiger partial charge in [-0.3, -0.25) is 4.79 Å². The molecule has 0 aromatic heterocycles. The molecule has 0 spiro atoms. The molecule has 0 aliphatic carbocycles. The van der Waals surface area contributed by atoms with E-state index in [0.29, 0.717) is 11.3 Å². The number of hydrogen-bond donors (Lipinski definition) is 3. The van der Waals surface area contributed by atoms with Gasteiger partial charge in [0.15, 0.2) is 5.78 Å². The number of ether oxygens (including phenoxy) is 1. The van der Waals surface area contributed by atoms with Crippen LogP contribution in [-0.4, -0.2) is 32.8 Å². The smallest absolute Gasteiger partial charge is 0.189 e. The number of ketones is 1. The highest BCUT2D eigenvalue weighted by molar-refractivity contribution is 6.09.